The Morgan fingerprint density at radius 3 is 2.40 bits per heavy atom. The molecule has 10 heavy (non-hydrogen) atoms. The summed E-state index contributed by atoms with van der Waals surface area (Å²) in [7, 11) is -0.734. The molecular weight excluding hydrogens is 127 g/mol. The summed E-state index contributed by atoms with van der Waals surface area (Å²) in [5.41, 5.74) is 0. The molecule has 0 aliphatic carbocycles. The van der Waals surface area contributed by atoms with Gasteiger partial charge in [0.1, 0.15) is 5.75 Å². The highest BCUT2D eigenvalue weighted by atomic mass is 16.5. The van der Waals surface area contributed by atoms with Crippen molar-refractivity contribution in [1.29, 1.82) is 0 Å². The van der Waals surface area contributed by atoms with Crippen LogP contribution in [0.1, 0.15) is 0 Å². The van der Waals surface area contributed by atoms with E-state index < -0.39 is 7.12 Å². The van der Waals surface area contributed by atoms with E-state index in [0.29, 0.717) is 5.75 Å². The van der Waals surface area contributed by atoms with Crippen LogP contribution >= 0.6 is 0 Å². The molecule has 1 aromatic carbocycles. The lowest BCUT2D eigenvalue weighted by atomic mass is 9.97. The first-order valence-corrected chi connectivity index (χ1v) is 3.19. The van der Waals surface area contributed by atoms with Crippen molar-refractivity contribution >= 4 is 7.12 Å². The summed E-state index contributed by atoms with van der Waals surface area (Å²) in [5, 5.41) is 8.78. The summed E-state index contributed by atoms with van der Waals surface area (Å²) in [5.74, 6) is 0.692. The average molecular weight is 136 g/mol. The Morgan fingerprint density at radius 1 is 1.30 bits per heavy atom. The third kappa shape index (κ3) is 2.11. The van der Waals surface area contributed by atoms with Crippen LogP contribution in [0.3, 0.4) is 0 Å². The van der Waals surface area contributed by atoms with E-state index in [1.807, 2.05) is 18.2 Å². The molecule has 0 amide bonds. The van der Waals surface area contributed by atoms with Gasteiger partial charge in [0.2, 0.25) is 0 Å². The first kappa shape index (κ1) is 7.16. The van der Waals surface area contributed by atoms with Gasteiger partial charge >= 0.3 is 7.12 Å². The SMILES string of the molecule is CB(O)Oc1ccccc1. The second kappa shape index (κ2) is 3.27. The van der Waals surface area contributed by atoms with Crippen molar-refractivity contribution in [3.63, 3.8) is 0 Å². The van der Waals surface area contributed by atoms with Crippen molar-refractivity contribution in [3.8, 4) is 5.75 Å². The second-order valence-electron chi connectivity index (χ2n) is 2.03. The summed E-state index contributed by atoms with van der Waals surface area (Å²) in [6.45, 7) is 1.58. The Bertz CT molecular complexity index is 186. The Kier molecular flexibility index (Phi) is 2.34. The number of benzene rings is 1. The Hall–Kier alpha value is -0.955. The molecule has 52 valence electrons. The number of hydrogen-bond donors (Lipinski definition) is 1. The highest BCUT2D eigenvalue weighted by Crippen LogP contribution is 2.08. The maximum atomic E-state index is 8.78. The number of hydrogen-bond acceptors (Lipinski definition) is 2. The van der Waals surface area contributed by atoms with E-state index >= 15 is 0 Å². The van der Waals surface area contributed by atoms with Crippen LogP contribution in [-0.2, 0) is 0 Å². The fourth-order valence-corrected chi connectivity index (χ4v) is 0.696. The van der Waals surface area contributed by atoms with Gasteiger partial charge in [-0.3, -0.25) is 0 Å². The zero-order chi connectivity index (χ0) is 7.40. The van der Waals surface area contributed by atoms with Crippen molar-refractivity contribution in [2.24, 2.45) is 0 Å². The molecule has 1 rings (SSSR count). The van der Waals surface area contributed by atoms with Crippen LogP contribution in [0.4, 0.5) is 0 Å². The lowest BCUT2D eigenvalue weighted by Gasteiger charge is -2.03. The van der Waals surface area contributed by atoms with E-state index in [-0.39, 0.29) is 0 Å². The Morgan fingerprint density at radius 2 is 1.90 bits per heavy atom. The lowest BCUT2D eigenvalue weighted by Crippen LogP contribution is -2.15. The number of para-hydroxylation sites is 1. The minimum absolute atomic E-state index is 0.692. The summed E-state index contributed by atoms with van der Waals surface area (Å²) >= 11 is 0. The van der Waals surface area contributed by atoms with Gasteiger partial charge in [0.15, 0.2) is 0 Å². The van der Waals surface area contributed by atoms with Gasteiger partial charge in [-0.05, 0) is 19.0 Å². The van der Waals surface area contributed by atoms with Gasteiger partial charge < -0.3 is 9.68 Å². The molecular formula is C7H9BO2. The largest absolute Gasteiger partial charge is 0.536 e. The zero-order valence-electron chi connectivity index (χ0n) is 5.82. The first-order chi connectivity index (χ1) is 4.79. The van der Waals surface area contributed by atoms with Crippen molar-refractivity contribution in [2.45, 2.75) is 6.82 Å². The van der Waals surface area contributed by atoms with E-state index in [1.54, 1.807) is 19.0 Å². The summed E-state index contributed by atoms with van der Waals surface area (Å²) < 4.78 is 4.97. The third-order valence-electron chi connectivity index (χ3n) is 1.05. The fraction of sp³-hybridized carbons (Fsp3) is 0.143. The van der Waals surface area contributed by atoms with Crippen molar-refractivity contribution < 1.29 is 9.68 Å². The molecule has 0 aromatic heterocycles. The van der Waals surface area contributed by atoms with E-state index in [9.17, 15) is 0 Å². The van der Waals surface area contributed by atoms with Crippen LogP contribution in [0.15, 0.2) is 30.3 Å². The molecule has 3 heteroatoms. The standard InChI is InChI=1S/C7H9BO2/c1-8(9)10-7-5-3-2-4-6-7/h2-6,9H,1H3. The van der Waals surface area contributed by atoms with Crippen LogP contribution in [0.5, 0.6) is 5.75 Å². The molecule has 0 radical (unpaired) electrons. The molecule has 0 saturated carbocycles. The highest BCUT2D eigenvalue weighted by Gasteiger charge is 2.03. The van der Waals surface area contributed by atoms with E-state index in [4.69, 9.17) is 9.68 Å². The van der Waals surface area contributed by atoms with Crippen LogP contribution in [-0.4, -0.2) is 12.1 Å². The summed E-state index contributed by atoms with van der Waals surface area (Å²) in [4.78, 5) is 0. The molecule has 0 aliphatic rings. The van der Waals surface area contributed by atoms with Crippen LogP contribution in [0, 0.1) is 0 Å². The van der Waals surface area contributed by atoms with Gasteiger partial charge in [0, 0.05) is 0 Å². The van der Waals surface area contributed by atoms with E-state index in [0.717, 1.165) is 0 Å². The Labute approximate surface area is 60.6 Å². The maximum Gasteiger partial charge on any atom is 0.519 e. The normalized spacial score (nSPS) is 9.00. The quantitative estimate of drug-likeness (QED) is 0.618. The third-order valence-corrected chi connectivity index (χ3v) is 1.05. The Balaban J connectivity index is 2.59. The summed E-state index contributed by atoms with van der Waals surface area (Å²) in [6.07, 6.45) is 0. The van der Waals surface area contributed by atoms with E-state index in [2.05, 4.69) is 0 Å². The smallest absolute Gasteiger partial charge is 0.519 e. The summed E-state index contributed by atoms with van der Waals surface area (Å²) in [6, 6.07) is 9.21. The monoisotopic (exact) mass is 136 g/mol. The lowest BCUT2D eigenvalue weighted by molar-refractivity contribution is 0.424. The second-order valence-corrected chi connectivity index (χ2v) is 2.03. The molecule has 0 bridgehead atoms. The van der Waals surface area contributed by atoms with Gasteiger partial charge in [-0.1, -0.05) is 18.2 Å². The molecule has 0 fully saturated rings. The van der Waals surface area contributed by atoms with Crippen molar-refractivity contribution in [3.05, 3.63) is 30.3 Å². The molecule has 1 N–H and O–H groups in total. The maximum absolute atomic E-state index is 8.78. The molecule has 0 aliphatic heterocycles. The molecule has 0 spiro atoms. The van der Waals surface area contributed by atoms with Gasteiger partial charge in [-0.25, -0.2) is 0 Å². The van der Waals surface area contributed by atoms with Crippen LogP contribution < -0.4 is 4.65 Å². The van der Waals surface area contributed by atoms with E-state index in [1.165, 1.54) is 0 Å². The topological polar surface area (TPSA) is 29.5 Å². The van der Waals surface area contributed by atoms with Gasteiger partial charge in [0.05, 0.1) is 0 Å². The van der Waals surface area contributed by atoms with Crippen molar-refractivity contribution in [2.75, 3.05) is 0 Å². The van der Waals surface area contributed by atoms with Gasteiger partial charge in [-0.15, -0.1) is 0 Å². The average Bonchev–Trinajstić information content (AvgIpc) is 1.88. The van der Waals surface area contributed by atoms with Crippen molar-refractivity contribution in [1.82, 2.24) is 0 Å². The molecule has 1 aromatic rings. The highest BCUT2D eigenvalue weighted by molar-refractivity contribution is 6.41. The number of rotatable bonds is 2. The molecule has 0 unspecified atom stereocenters. The minimum atomic E-state index is -0.734. The predicted molar refractivity (Wildman–Crippen MR) is 40.9 cm³/mol. The minimum Gasteiger partial charge on any atom is -0.536 e. The molecule has 0 atom stereocenters. The fourth-order valence-electron chi connectivity index (χ4n) is 0.696. The van der Waals surface area contributed by atoms with Crippen LogP contribution in [0.25, 0.3) is 0 Å². The molecule has 2 nitrogen and oxygen atoms in total. The van der Waals surface area contributed by atoms with Crippen LogP contribution in [0.2, 0.25) is 6.82 Å². The molecule has 0 saturated heterocycles. The van der Waals surface area contributed by atoms with Gasteiger partial charge in [-0.2, -0.15) is 0 Å². The first-order valence-electron chi connectivity index (χ1n) is 3.19. The zero-order valence-corrected chi connectivity index (χ0v) is 5.82. The predicted octanol–water partition coefficient (Wildman–Crippen LogP) is 1.18. The van der Waals surface area contributed by atoms with Gasteiger partial charge in [0.25, 0.3) is 0 Å². The molecule has 0 heterocycles.